The molecule has 0 spiro atoms. The molecular weight excluding hydrogens is 120 g/mol. The lowest BCUT2D eigenvalue weighted by Crippen LogP contribution is -1.87. The zero-order chi connectivity index (χ0) is 6.15. The molecule has 1 fully saturated rings. The van der Waals surface area contributed by atoms with Gasteiger partial charge in [0, 0.05) is 6.42 Å². The lowest BCUT2D eigenvalue weighted by Gasteiger charge is -1.94. The van der Waals surface area contributed by atoms with Gasteiger partial charge in [-0.3, -0.25) is 4.79 Å². The molecule has 8 heavy (non-hydrogen) atoms. The van der Waals surface area contributed by atoms with Crippen LogP contribution in [0.5, 0.6) is 0 Å². The molecule has 1 aliphatic rings. The molecule has 1 unspecified atom stereocenters. The van der Waals surface area contributed by atoms with Crippen molar-refractivity contribution in [1.29, 1.82) is 0 Å². The first-order valence-corrected chi connectivity index (χ1v) is 3.41. The maximum atomic E-state index is 10.6. The summed E-state index contributed by atoms with van der Waals surface area (Å²) >= 11 is 1.30. The monoisotopic (exact) mass is 128 g/mol. The number of hydrogen-bond acceptors (Lipinski definition) is 2. The second-order valence-corrected chi connectivity index (χ2v) is 3.23. The van der Waals surface area contributed by atoms with Crippen LogP contribution < -0.4 is 0 Å². The van der Waals surface area contributed by atoms with Gasteiger partial charge in [0.1, 0.15) is 0 Å². The third kappa shape index (κ3) is 0.944. The van der Waals surface area contributed by atoms with E-state index in [0.29, 0.717) is 12.3 Å². The van der Waals surface area contributed by atoms with Crippen molar-refractivity contribution in [2.75, 3.05) is 0 Å². The Hall–Kier alpha value is -0.240. The summed E-state index contributed by atoms with van der Waals surface area (Å²) < 4.78 is 0. The van der Waals surface area contributed by atoms with E-state index in [0.717, 1.165) is 4.91 Å². The number of carbonyl (C=O) groups excluding carboxylic acids is 1. The minimum atomic E-state index is 0.266. The molecule has 0 aliphatic carbocycles. The molecule has 0 amide bonds. The van der Waals surface area contributed by atoms with Crippen molar-refractivity contribution < 1.29 is 4.79 Å². The largest absolute Gasteiger partial charge is 0.287 e. The molecule has 0 aromatic carbocycles. The number of carbonyl (C=O) groups is 1. The molecule has 1 aliphatic heterocycles. The van der Waals surface area contributed by atoms with Gasteiger partial charge in [0.2, 0.25) is 0 Å². The molecule has 0 radical (unpaired) electrons. The van der Waals surface area contributed by atoms with Gasteiger partial charge >= 0.3 is 0 Å². The van der Waals surface area contributed by atoms with Crippen molar-refractivity contribution in [1.82, 2.24) is 0 Å². The summed E-state index contributed by atoms with van der Waals surface area (Å²) in [6.45, 7) is 5.76. The van der Waals surface area contributed by atoms with Crippen molar-refractivity contribution in [2.45, 2.75) is 13.3 Å². The Morgan fingerprint density at radius 3 is 2.62 bits per heavy atom. The summed E-state index contributed by atoms with van der Waals surface area (Å²) in [6.07, 6.45) is 0.684. The molecule has 0 saturated carbocycles. The zero-order valence-corrected chi connectivity index (χ0v) is 5.62. The number of rotatable bonds is 0. The maximum absolute atomic E-state index is 10.6. The fourth-order valence-corrected chi connectivity index (χ4v) is 1.56. The average Bonchev–Trinajstić information content (AvgIpc) is 1.85. The van der Waals surface area contributed by atoms with E-state index in [1.54, 1.807) is 0 Å². The van der Waals surface area contributed by atoms with E-state index >= 15 is 0 Å². The third-order valence-corrected chi connectivity index (χ3v) is 2.33. The molecular formula is C6H8OS. The Bertz CT molecular complexity index is 139. The lowest BCUT2D eigenvalue weighted by atomic mass is 10.1. The van der Waals surface area contributed by atoms with E-state index in [1.807, 2.05) is 6.92 Å². The Labute approximate surface area is 53.2 Å². The van der Waals surface area contributed by atoms with E-state index in [2.05, 4.69) is 6.58 Å². The summed E-state index contributed by atoms with van der Waals surface area (Å²) in [5.41, 5.74) is 0. The standard InChI is InChI=1S/C6H8OS/c1-4-3-6(7)8-5(4)2/h4H,2-3H2,1H3. The van der Waals surface area contributed by atoms with Gasteiger partial charge < -0.3 is 0 Å². The molecule has 1 saturated heterocycles. The van der Waals surface area contributed by atoms with Gasteiger partial charge in [-0.1, -0.05) is 25.3 Å². The second-order valence-electron chi connectivity index (χ2n) is 2.05. The highest BCUT2D eigenvalue weighted by molar-refractivity contribution is 8.17. The van der Waals surface area contributed by atoms with Crippen LogP contribution in [-0.2, 0) is 4.79 Å². The van der Waals surface area contributed by atoms with Crippen LogP contribution in [0.25, 0.3) is 0 Å². The van der Waals surface area contributed by atoms with E-state index in [1.165, 1.54) is 11.8 Å². The smallest absolute Gasteiger partial charge is 0.193 e. The van der Waals surface area contributed by atoms with Crippen LogP contribution in [0.15, 0.2) is 11.5 Å². The van der Waals surface area contributed by atoms with Crippen molar-refractivity contribution in [3.05, 3.63) is 11.5 Å². The van der Waals surface area contributed by atoms with Crippen molar-refractivity contribution in [2.24, 2.45) is 5.92 Å². The molecule has 1 atom stereocenters. The van der Waals surface area contributed by atoms with Crippen LogP contribution in [-0.4, -0.2) is 5.12 Å². The summed E-state index contributed by atoms with van der Waals surface area (Å²) in [5.74, 6) is 0.410. The summed E-state index contributed by atoms with van der Waals surface area (Å²) in [6, 6.07) is 0. The number of hydrogen-bond donors (Lipinski definition) is 0. The summed E-state index contributed by atoms with van der Waals surface area (Å²) in [5, 5.41) is 0.266. The van der Waals surface area contributed by atoms with Gasteiger partial charge in [-0.25, -0.2) is 0 Å². The van der Waals surface area contributed by atoms with Crippen molar-refractivity contribution >= 4 is 16.9 Å². The first kappa shape index (κ1) is 5.89. The number of thioether (sulfide) groups is 1. The van der Waals surface area contributed by atoms with Gasteiger partial charge in [0.25, 0.3) is 0 Å². The average molecular weight is 128 g/mol. The van der Waals surface area contributed by atoms with E-state index in [-0.39, 0.29) is 5.12 Å². The van der Waals surface area contributed by atoms with Crippen LogP contribution in [0.4, 0.5) is 0 Å². The predicted octanol–water partition coefficient (Wildman–Crippen LogP) is 1.80. The molecule has 0 aromatic heterocycles. The van der Waals surface area contributed by atoms with E-state index in [9.17, 15) is 4.79 Å². The molecule has 44 valence electrons. The fourth-order valence-electron chi connectivity index (χ4n) is 0.652. The lowest BCUT2D eigenvalue weighted by molar-refractivity contribution is -0.110. The predicted molar refractivity (Wildman–Crippen MR) is 35.5 cm³/mol. The molecule has 0 bridgehead atoms. The molecule has 1 nitrogen and oxygen atoms in total. The van der Waals surface area contributed by atoms with Crippen molar-refractivity contribution in [3.8, 4) is 0 Å². The number of allylic oxidation sites excluding steroid dienone is 1. The zero-order valence-electron chi connectivity index (χ0n) is 4.81. The summed E-state index contributed by atoms with van der Waals surface area (Å²) in [7, 11) is 0. The van der Waals surface area contributed by atoms with Gasteiger partial charge in [0.05, 0.1) is 0 Å². The van der Waals surface area contributed by atoms with Gasteiger partial charge in [-0.05, 0) is 10.8 Å². The first-order valence-electron chi connectivity index (χ1n) is 2.59. The highest BCUT2D eigenvalue weighted by Crippen LogP contribution is 2.35. The minimum absolute atomic E-state index is 0.266. The van der Waals surface area contributed by atoms with Crippen LogP contribution in [0.2, 0.25) is 0 Å². The second kappa shape index (κ2) is 1.94. The van der Waals surface area contributed by atoms with Crippen LogP contribution in [0, 0.1) is 5.92 Å². The van der Waals surface area contributed by atoms with Gasteiger partial charge in [-0.15, -0.1) is 0 Å². The van der Waals surface area contributed by atoms with Crippen LogP contribution >= 0.6 is 11.8 Å². The van der Waals surface area contributed by atoms with E-state index in [4.69, 9.17) is 0 Å². The Kier molecular flexibility index (Phi) is 1.43. The van der Waals surface area contributed by atoms with Gasteiger partial charge in [-0.2, -0.15) is 0 Å². The highest BCUT2D eigenvalue weighted by Gasteiger charge is 2.22. The minimum Gasteiger partial charge on any atom is -0.287 e. The molecule has 2 heteroatoms. The molecule has 1 rings (SSSR count). The Morgan fingerprint density at radius 1 is 1.88 bits per heavy atom. The Balaban J connectivity index is 2.64. The third-order valence-electron chi connectivity index (χ3n) is 1.27. The summed E-state index contributed by atoms with van der Waals surface area (Å²) in [4.78, 5) is 11.6. The normalized spacial score (nSPS) is 29.4. The van der Waals surface area contributed by atoms with Crippen molar-refractivity contribution in [3.63, 3.8) is 0 Å². The molecule has 1 heterocycles. The molecule has 0 N–H and O–H groups in total. The SMILES string of the molecule is C=C1SC(=O)CC1C. The first-order chi connectivity index (χ1) is 3.70. The van der Waals surface area contributed by atoms with Gasteiger partial charge in [0.15, 0.2) is 5.12 Å². The topological polar surface area (TPSA) is 17.1 Å². The molecule has 0 aromatic rings. The van der Waals surface area contributed by atoms with Crippen LogP contribution in [0.1, 0.15) is 13.3 Å². The fraction of sp³-hybridized carbons (Fsp3) is 0.500. The van der Waals surface area contributed by atoms with Crippen LogP contribution in [0.3, 0.4) is 0 Å². The quantitative estimate of drug-likeness (QED) is 0.495. The maximum Gasteiger partial charge on any atom is 0.193 e. The Morgan fingerprint density at radius 2 is 2.50 bits per heavy atom. The van der Waals surface area contributed by atoms with E-state index < -0.39 is 0 Å². The highest BCUT2D eigenvalue weighted by atomic mass is 32.2.